The van der Waals surface area contributed by atoms with Crippen molar-refractivity contribution in [1.29, 1.82) is 0 Å². The van der Waals surface area contributed by atoms with Crippen LogP contribution in [0.3, 0.4) is 0 Å². The smallest absolute Gasteiger partial charge is 0.0345 e. The summed E-state index contributed by atoms with van der Waals surface area (Å²) in [6.45, 7) is 0. The van der Waals surface area contributed by atoms with E-state index < -0.39 is 0 Å². The van der Waals surface area contributed by atoms with Crippen LogP contribution >= 0.6 is 11.3 Å². The average Bonchev–Trinajstić information content (AvgIpc) is 3.14. The van der Waals surface area contributed by atoms with E-state index >= 15 is 0 Å². The van der Waals surface area contributed by atoms with Crippen LogP contribution in [0.2, 0.25) is 0 Å². The van der Waals surface area contributed by atoms with Crippen LogP contribution in [0, 0.1) is 0 Å². The maximum absolute atomic E-state index is 2.36. The van der Waals surface area contributed by atoms with Crippen molar-refractivity contribution in [1.82, 2.24) is 0 Å². The summed E-state index contributed by atoms with van der Waals surface area (Å²) in [5, 5.41) is 0. The highest BCUT2D eigenvalue weighted by atomic mass is 32.1. The Morgan fingerprint density at radius 2 is 1.22 bits per heavy atom. The standard InChI is InChI=1S/C22H22S/c1-3-7-17(8-4-1)18-11-13-20(14-12-18)22-16-15-21(23-22)19-9-5-2-6-10-19/h1-10,15-16,18,20H,11-14H2. The summed E-state index contributed by atoms with van der Waals surface area (Å²) in [5.41, 5.74) is 2.88. The molecule has 23 heavy (non-hydrogen) atoms. The van der Waals surface area contributed by atoms with Crippen molar-refractivity contribution in [3.8, 4) is 10.4 Å². The van der Waals surface area contributed by atoms with Crippen LogP contribution in [0.15, 0.2) is 72.8 Å². The van der Waals surface area contributed by atoms with E-state index in [0.717, 1.165) is 11.8 Å². The Balaban J connectivity index is 1.44. The van der Waals surface area contributed by atoms with E-state index in [1.54, 1.807) is 4.88 Å². The Morgan fingerprint density at radius 3 is 1.91 bits per heavy atom. The Hall–Kier alpha value is -1.86. The van der Waals surface area contributed by atoms with Gasteiger partial charge in [0.15, 0.2) is 0 Å². The Kier molecular flexibility index (Phi) is 4.30. The zero-order chi connectivity index (χ0) is 15.5. The molecule has 0 amide bonds. The van der Waals surface area contributed by atoms with Gasteiger partial charge in [-0.05, 0) is 60.8 Å². The van der Waals surface area contributed by atoms with Crippen LogP contribution in [-0.2, 0) is 0 Å². The minimum atomic E-state index is 0.762. The summed E-state index contributed by atoms with van der Waals surface area (Å²) in [6.07, 6.45) is 5.31. The van der Waals surface area contributed by atoms with Crippen molar-refractivity contribution in [2.24, 2.45) is 0 Å². The molecule has 116 valence electrons. The molecule has 4 rings (SSSR count). The quantitative estimate of drug-likeness (QED) is 0.495. The van der Waals surface area contributed by atoms with Crippen LogP contribution < -0.4 is 0 Å². The molecule has 3 aromatic rings. The number of benzene rings is 2. The molecule has 2 aromatic carbocycles. The lowest BCUT2D eigenvalue weighted by molar-refractivity contribution is 0.400. The Bertz CT molecular complexity index is 734. The molecule has 0 bridgehead atoms. The fourth-order valence-corrected chi connectivity index (χ4v) is 4.95. The van der Waals surface area contributed by atoms with Crippen molar-refractivity contribution >= 4 is 11.3 Å². The van der Waals surface area contributed by atoms with Gasteiger partial charge in [-0.2, -0.15) is 0 Å². The summed E-state index contributed by atoms with van der Waals surface area (Å²) in [6, 6.07) is 26.5. The highest BCUT2D eigenvalue weighted by Crippen LogP contribution is 2.43. The molecule has 0 radical (unpaired) electrons. The van der Waals surface area contributed by atoms with E-state index in [1.165, 1.54) is 41.7 Å². The van der Waals surface area contributed by atoms with Gasteiger partial charge in [-0.15, -0.1) is 11.3 Å². The maximum atomic E-state index is 2.36. The second kappa shape index (κ2) is 6.72. The molecule has 0 spiro atoms. The van der Waals surface area contributed by atoms with E-state index in [0.29, 0.717) is 0 Å². The molecule has 1 aliphatic rings. The van der Waals surface area contributed by atoms with Gasteiger partial charge in [0.05, 0.1) is 0 Å². The van der Waals surface area contributed by atoms with Gasteiger partial charge in [-0.3, -0.25) is 0 Å². The zero-order valence-corrected chi connectivity index (χ0v) is 14.1. The number of thiophene rings is 1. The average molecular weight is 318 g/mol. The van der Waals surface area contributed by atoms with Crippen molar-refractivity contribution < 1.29 is 0 Å². The number of hydrogen-bond acceptors (Lipinski definition) is 1. The van der Waals surface area contributed by atoms with Gasteiger partial charge < -0.3 is 0 Å². The Labute approximate surface area is 142 Å². The number of rotatable bonds is 3. The molecule has 1 saturated carbocycles. The summed E-state index contributed by atoms with van der Waals surface area (Å²) in [5.74, 6) is 1.53. The third kappa shape index (κ3) is 3.25. The van der Waals surface area contributed by atoms with Gasteiger partial charge in [0.25, 0.3) is 0 Å². The topological polar surface area (TPSA) is 0 Å². The van der Waals surface area contributed by atoms with Crippen LogP contribution in [0.5, 0.6) is 0 Å². The summed E-state index contributed by atoms with van der Waals surface area (Å²) in [4.78, 5) is 2.99. The van der Waals surface area contributed by atoms with Gasteiger partial charge in [-0.25, -0.2) is 0 Å². The molecule has 0 aliphatic heterocycles. The van der Waals surface area contributed by atoms with Crippen molar-refractivity contribution in [2.75, 3.05) is 0 Å². The van der Waals surface area contributed by atoms with Crippen LogP contribution in [0.1, 0.15) is 48.0 Å². The monoisotopic (exact) mass is 318 g/mol. The molecule has 1 fully saturated rings. The molecule has 0 N–H and O–H groups in total. The first kappa shape index (κ1) is 14.7. The predicted molar refractivity (Wildman–Crippen MR) is 100 cm³/mol. The fraction of sp³-hybridized carbons (Fsp3) is 0.273. The van der Waals surface area contributed by atoms with E-state index in [-0.39, 0.29) is 0 Å². The highest BCUT2D eigenvalue weighted by Gasteiger charge is 2.24. The van der Waals surface area contributed by atoms with E-state index in [1.807, 2.05) is 11.3 Å². The Morgan fingerprint density at radius 1 is 0.609 bits per heavy atom. The van der Waals surface area contributed by atoms with Crippen LogP contribution in [0.4, 0.5) is 0 Å². The van der Waals surface area contributed by atoms with Crippen molar-refractivity contribution in [3.63, 3.8) is 0 Å². The second-order valence-corrected chi connectivity index (χ2v) is 7.64. The van der Waals surface area contributed by atoms with Crippen LogP contribution in [0.25, 0.3) is 10.4 Å². The van der Waals surface area contributed by atoms with Crippen molar-refractivity contribution in [3.05, 3.63) is 83.2 Å². The van der Waals surface area contributed by atoms with Gasteiger partial charge >= 0.3 is 0 Å². The van der Waals surface area contributed by atoms with Gasteiger partial charge in [0, 0.05) is 9.75 Å². The maximum Gasteiger partial charge on any atom is 0.0345 e. The predicted octanol–water partition coefficient (Wildman–Crippen LogP) is 6.86. The highest BCUT2D eigenvalue weighted by molar-refractivity contribution is 7.15. The zero-order valence-electron chi connectivity index (χ0n) is 13.3. The first-order chi connectivity index (χ1) is 11.4. The molecule has 1 heteroatoms. The van der Waals surface area contributed by atoms with Gasteiger partial charge in [0.1, 0.15) is 0 Å². The molecule has 0 saturated heterocycles. The molecular formula is C22H22S. The summed E-state index contributed by atoms with van der Waals surface area (Å²) in [7, 11) is 0. The third-order valence-corrected chi connectivity index (χ3v) is 6.38. The SMILES string of the molecule is c1ccc(-c2ccc(C3CCC(c4ccccc4)CC3)s2)cc1. The van der Waals surface area contributed by atoms with E-state index in [2.05, 4.69) is 72.8 Å². The largest absolute Gasteiger partial charge is 0.140 e. The summed E-state index contributed by atoms with van der Waals surface area (Å²) >= 11 is 1.99. The third-order valence-electron chi connectivity index (χ3n) is 5.09. The summed E-state index contributed by atoms with van der Waals surface area (Å²) < 4.78 is 0. The lowest BCUT2D eigenvalue weighted by atomic mass is 9.78. The lowest BCUT2D eigenvalue weighted by Gasteiger charge is -2.28. The second-order valence-electron chi connectivity index (χ2n) is 6.53. The molecule has 1 heterocycles. The van der Waals surface area contributed by atoms with E-state index in [4.69, 9.17) is 0 Å². The van der Waals surface area contributed by atoms with Crippen molar-refractivity contribution in [2.45, 2.75) is 37.5 Å². The molecule has 0 atom stereocenters. The molecule has 1 aromatic heterocycles. The first-order valence-corrected chi connectivity index (χ1v) is 9.42. The lowest BCUT2D eigenvalue weighted by Crippen LogP contribution is -2.11. The number of hydrogen-bond donors (Lipinski definition) is 0. The molecular weight excluding hydrogens is 296 g/mol. The first-order valence-electron chi connectivity index (χ1n) is 8.60. The van der Waals surface area contributed by atoms with Gasteiger partial charge in [-0.1, -0.05) is 60.7 Å². The molecule has 0 unspecified atom stereocenters. The molecule has 0 nitrogen and oxygen atoms in total. The van der Waals surface area contributed by atoms with Gasteiger partial charge in [0.2, 0.25) is 0 Å². The fourth-order valence-electron chi connectivity index (χ4n) is 3.77. The van der Waals surface area contributed by atoms with Crippen LogP contribution in [-0.4, -0.2) is 0 Å². The minimum absolute atomic E-state index is 0.762. The minimum Gasteiger partial charge on any atom is -0.140 e. The normalized spacial score (nSPS) is 21.2. The van der Waals surface area contributed by atoms with E-state index in [9.17, 15) is 0 Å². The molecule has 1 aliphatic carbocycles.